The van der Waals surface area contributed by atoms with Crippen molar-refractivity contribution >= 4 is 5.97 Å². The van der Waals surface area contributed by atoms with Crippen molar-refractivity contribution in [1.29, 1.82) is 0 Å². The Kier molecular flexibility index (Phi) is 4.72. The van der Waals surface area contributed by atoms with Crippen molar-refractivity contribution in [2.45, 2.75) is 52.6 Å². The first kappa shape index (κ1) is 16.0. The van der Waals surface area contributed by atoms with Crippen molar-refractivity contribution in [1.82, 2.24) is 5.32 Å². The Morgan fingerprint density at radius 1 is 1.33 bits per heavy atom. The molecule has 0 radical (unpaired) electrons. The smallest absolute Gasteiger partial charge is 0.323 e. The van der Waals surface area contributed by atoms with Gasteiger partial charge in [0.15, 0.2) is 0 Å². The van der Waals surface area contributed by atoms with Crippen LogP contribution in [-0.4, -0.2) is 19.1 Å². The number of benzene rings is 1. The number of carbonyl (C=O) groups excluding carboxylic acids is 1. The van der Waals surface area contributed by atoms with Crippen LogP contribution < -0.4 is 5.32 Å². The highest BCUT2D eigenvalue weighted by atomic mass is 16.5. The van der Waals surface area contributed by atoms with Gasteiger partial charge < -0.3 is 4.74 Å². The minimum absolute atomic E-state index is 0.121. The predicted octanol–water partition coefficient (Wildman–Crippen LogP) is 3.49. The van der Waals surface area contributed by atoms with Crippen molar-refractivity contribution < 1.29 is 9.53 Å². The average molecular weight is 289 g/mol. The molecule has 0 amide bonds. The van der Waals surface area contributed by atoms with E-state index in [-0.39, 0.29) is 29.4 Å². The van der Waals surface area contributed by atoms with Crippen LogP contribution >= 0.6 is 0 Å². The van der Waals surface area contributed by atoms with Crippen molar-refractivity contribution in [3.05, 3.63) is 35.4 Å². The Morgan fingerprint density at radius 3 is 2.62 bits per heavy atom. The molecule has 1 N–H and O–H groups in total. The lowest BCUT2D eigenvalue weighted by atomic mass is 9.70. The summed E-state index contributed by atoms with van der Waals surface area (Å²) in [6.07, 6.45) is 2.22. The fourth-order valence-corrected chi connectivity index (χ4v) is 3.22. The van der Waals surface area contributed by atoms with E-state index in [1.165, 1.54) is 18.2 Å². The molecular weight excluding hydrogens is 262 g/mol. The Hall–Kier alpha value is -1.35. The molecule has 0 saturated heterocycles. The van der Waals surface area contributed by atoms with Gasteiger partial charge in [0.05, 0.1) is 7.11 Å². The number of aryl methyl sites for hydroxylation is 1. The molecule has 1 aliphatic carbocycles. The van der Waals surface area contributed by atoms with Crippen LogP contribution in [0.3, 0.4) is 0 Å². The van der Waals surface area contributed by atoms with E-state index >= 15 is 0 Å². The molecule has 1 aromatic rings. The van der Waals surface area contributed by atoms with E-state index in [9.17, 15) is 4.79 Å². The maximum Gasteiger partial charge on any atom is 0.323 e. The minimum Gasteiger partial charge on any atom is -0.468 e. The molecule has 3 nitrogen and oxygen atoms in total. The average Bonchev–Trinajstić information content (AvgIpc) is 2.45. The number of methoxy groups -OCH3 is 1. The van der Waals surface area contributed by atoms with E-state index < -0.39 is 0 Å². The summed E-state index contributed by atoms with van der Waals surface area (Å²) < 4.78 is 4.97. The minimum atomic E-state index is -0.273. The molecule has 3 heteroatoms. The topological polar surface area (TPSA) is 38.3 Å². The largest absolute Gasteiger partial charge is 0.468 e. The number of rotatable bonds is 4. The molecule has 0 aliphatic heterocycles. The quantitative estimate of drug-likeness (QED) is 0.862. The standard InChI is InChI=1S/C18H27NO2/c1-12(2)15(17(20)21-5)19-16-14-9-7-6-8-13(14)10-11-18(16,3)4/h6-9,12,15-16,19H,10-11H2,1-5H3. The first-order valence-corrected chi connectivity index (χ1v) is 7.78. The molecule has 1 aromatic carbocycles. The second-order valence-corrected chi connectivity index (χ2v) is 7.03. The Morgan fingerprint density at radius 2 is 2.00 bits per heavy atom. The predicted molar refractivity (Wildman–Crippen MR) is 85.1 cm³/mol. The SMILES string of the molecule is COC(=O)C(NC1c2ccccc2CCC1(C)C)C(C)C. The summed E-state index contributed by atoms with van der Waals surface area (Å²) in [7, 11) is 1.46. The maximum absolute atomic E-state index is 12.1. The van der Waals surface area contributed by atoms with Gasteiger partial charge in [-0.25, -0.2) is 0 Å². The number of esters is 1. The number of nitrogens with one attached hydrogen (secondary N) is 1. The Labute approximate surface area is 128 Å². The fourth-order valence-electron chi connectivity index (χ4n) is 3.22. The summed E-state index contributed by atoms with van der Waals surface area (Å²) in [5.41, 5.74) is 2.83. The summed E-state index contributed by atoms with van der Waals surface area (Å²) in [4.78, 5) is 12.1. The van der Waals surface area contributed by atoms with Gasteiger partial charge in [0.25, 0.3) is 0 Å². The van der Waals surface area contributed by atoms with Gasteiger partial charge in [-0.15, -0.1) is 0 Å². The van der Waals surface area contributed by atoms with E-state index in [4.69, 9.17) is 4.74 Å². The lowest BCUT2D eigenvalue weighted by Gasteiger charge is -2.42. The van der Waals surface area contributed by atoms with Crippen LogP contribution in [-0.2, 0) is 16.0 Å². The van der Waals surface area contributed by atoms with E-state index in [2.05, 4.69) is 57.3 Å². The Balaban J connectivity index is 2.33. The van der Waals surface area contributed by atoms with Gasteiger partial charge in [0.2, 0.25) is 0 Å². The summed E-state index contributed by atoms with van der Waals surface area (Å²) in [6, 6.07) is 8.45. The van der Waals surface area contributed by atoms with E-state index in [1.54, 1.807) is 0 Å². The number of carbonyl (C=O) groups is 1. The highest BCUT2D eigenvalue weighted by Crippen LogP contribution is 2.43. The van der Waals surface area contributed by atoms with Gasteiger partial charge in [-0.3, -0.25) is 10.1 Å². The van der Waals surface area contributed by atoms with Gasteiger partial charge in [0.1, 0.15) is 6.04 Å². The van der Waals surface area contributed by atoms with Crippen LogP contribution in [0.5, 0.6) is 0 Å². The fraction of sp³-hybridized carbons (Fsp3) is 0.611. The molecule has 21 heavy (non-hydrogen) atoms. The summed E-state index contributed by atoms with van der Waals surface area (Å²) in [5.74, 6) is 0.0196. The first-order chi connectivity index (χ1) is 9.86. The third kappa shape index (κ3) is 3.29. The van der Waals surface area contributed by atoms with Crippen molar-refractivity contribution in [3.63, 3.8) is 0 Å². The lowest BCUT2D eigenvalue weighted by Crippen LogP contribution is -2.49. The van der Waals surface area contributed by atoms with Crippen LogP contribution in [0.25, 0.3) is 0 Å². The highest BCUT2D eigenvalue weighted by Gasteiger charge is 2.38. The van der Waals surface area contributed by atoms with Crippen LogP contribution in [0.1, 0.15) is 51.3 Å². The van der Waals surface area contributed by atoms with Gasteiger partial charge in [0, 0.05) is 6.04 Å². The van der Waals surface area contributed by atoms with Crippen molar-refractivity contribution in [3.8, 4) is 0 Å². The first-order valence-electron chi connectivity index (χ1n) is 7.78. The van der Waals surface area contributed by atoms with Crippen LogP contribution in [0, 0.1) is 11.3 Å². The van der Waals surface area contributed by atoms with Gasteiger partial charge in [-0.05, 0) is 35.3 Å². The zero-order valence-corrected chi connectivity index (χ0v) is 13.8. The van der Waals surface area contributed by atoms with Gasteiger partial charge in [-0.2, -0.15) is 0 Å². The summed E-state index contributed by atoms with van der Waals surface area (Å²) in [6.45, 7) is 8.65. The molecule has 0 aromatic heterocycles. The highest BCUT2D eigenvalue weighted by molar-refractivity contribution is 5.76. The Bertz CT molecular complexity index is 508. The molecular formula is C18H27NO2. The van der Waals surface area contributed by atoms with E-state index in [0.717, 1.165) is 12.8 Å². The van der Waals surface area contributed by atoms with E-state index in [0.29, 0.717) is 0 Å². The molecule has 2 atom stereocenters. The van der Waals surface area contributed by atoms with Crippen molar-refractivity contribution in [2.24, 2.45) is 11.3 Å². The van der Waals surface area contributed by atoms with Crippen LogP contribution in [0.4, 0.5) is 0 Å². The molecule has 2 unspecified atom stereocenters. The molecule has 0 heterocycles. The lowest BCUT2D eigenvalue weighted by molar-refractivity contribution is -0.144. The zero-order chi connectivity index (χ0) is 15.6. The molecule has 0 bridgehead atoms. The number of hydrogen-bond acceptors (Lipinski definition) is 3. The third-order valence-corrected chi connectivity index (χ3v) is 4.65. The molecule has 0 spiro atoms. The number of hydrogen-bond donors (Lipinski definition) is 1. The normalized spacial score (nSPS) is 21.7. The maximum atomic E-state index is 12.1. The second kappa shape index (κ2) is 6.18. The van der Waals surface area contributed by atoms with Crippen LogP contribution in [0.15, 0.2) is 24.3 Å². The molecule has 116 valence electrons. The summed E-state index contributed by atoms with van der Waals surface area (Å²) >= 11 is 0. The third-order valence-electron chi connectivity index (χ3n) is 4.65. The monoisotopic (exact) mass is 289 g/mol. The van der Waals surface area contributed by atoms with Crippen LogP contribution in [0.2, 0.25) is 0 Å². The van der Waals surface area contributed by atoms with Gasteiger partial charge in [-0.1, -0.05) is 52.0 Å². The molecule has 1 aliphatic rings. The number of fused-ring (bicyclic) bond motifs is 1. The van der Waals surface area contributed by atoms with Gasteiger partial charge >= 0.3 is 5.97 Å². The number of ether oxygens (including phenoxy) is 1. The summed E-state index contributed by atoms with van der Waals surface area (Å²) in [5, 5.41) is 3.58. The second-order valence-electron chi connectivity index (χ2n) is 7.03. The van der Waals surface area contributed by atoms with Crippen molar-refractivity contribution in [2.75, 3.05) is 7.11 Å². The molecule has 2 rings (SSSR count). The molecule has 0 saturated carbocycles. The van der Waals surface area contributed by atoms with E-state index in [1.807, 2.05) is 0 Å². The molecule has 0 fully saturated rings. The zero-order valence-electron chi connectivity index (χ0n) is 13.8.